The van der Waals surface area contributed by atoms with Crippen molar-refractivity contribution in [1.82, 2.24) is 9.97 Å². The second kappa shape index (κ2) is 6.59. The normalized spacial score (nSPS) is 14.2. The molecule has 1 aliphatic carbocycles. The van der Waals surface area contributed by atoms with Crippen LogP contribution in [-0.2, 0) is 12.8 Å². The molecule has 26 heavy (non-hydrogen) atoms. The van der Waals surface area contributed by atoms with Crippen LogP contribution in [0.2, 0.25) is 0 Å². The van der Waals surface area contributed by atoms with Crippen LogP contribution in [-0.4, -0.2) is 21.3 Å². The minimum absolute atomic E-state index is 0.0394. The van der Waals surface area contributed by atoms with Gasteiger partial charge in [-0.1, -0.05) is 0 Å². The molecule has 6 heteroatoms. The zero-order chi connectivity index (χ0) is 18.4. The first-order chi connectivity index (χ1) is 12.5. The molecule has 0 radical (unpaired) electrons. The Hall–Kier alpha value is -2.05. The van der Waals surface area contributed by atoms with E-state index in [0.717, 1.165) is 51.1 Å². The Kier molecular flexibility index (Phi) is 4.40. The maximum absolute atomic E-state index is 12.7. The standard InChI is InChI=1S/C20H20N2O2S2/c1-10-7-12(8-11(2)17(10)23)9-15(25-3)18-21-19(24)16-13-5-4-6-14(13)26-20(16)22-18/h7-9,23H,4-6H2,1-3H3,(H,21,22,24)/b15-9-. The van der Waals surface area contributed by atoms with Gasteiger partial charge < -0.3 is 10.1 Å². The number of nitrogens with zero attached hydrogens (tertiary/aromatic N) is 1. The van der Waals surface area contributed by atoms with E-state index in [0.29, 0.717) is 11.6 Å². The fourth-order valence-corrected chi connectivity index (χ4v) is 5.37. The van der Waals surface area contributed by atoms with Gasteiger partial charge in [0.25, 0.3) is 5.56 Å². The Morgan fingerprint density at radius 3 is 2.73 bits per heavy atom. The van der Waals surface area contributed by atoms with Crippen molar-refractivity contribution in [2.45, 2.75) is 33.1 Å². The van der Waals surface area contributed by atoms with Crippen LogP contribution in [0.4, 0.5) is 0 Å². The lowest BCUT2D eigenvalue weighted by molar-refractivity contribution is 0.467. The van der Waals surface area contributed by atoms with E-state index in [1.807, 2.05) is 38.3 Å². The lowest BCUT2D eigenvalue weighted by atomic mass is 10.1. The number of hydrogen-bond acceptors (Lipinski definition) is 5. The Labute approximate surface area is 160 Å². The number of phenolic OH excluding ortho intramolecular Hbond substituents is 1. The second-order valence-corrected chi connectivity index (χ2v) is 8.60. The van der Waals surface area contributed by atoms with Gasteiger partial charge in [0.1, 0.15) is 16.4 Å². The third-order valence-corrected chi connectivity index (χ3v) is 6.78. The van der Waals surface area contributed by atoms with Crippen LogP contribution < -0.4 is 5.56 Å². The summed E-state index contributed by atoms with van der Waals surface area (Å²) in [7, 11) is 0. The number of aromatic hydroxyl groups is 1. The average molecular weight is 385 g/mol. The molecule has 1 aliphatic rings. The molecular formula is C20H20N2O2S2. The number of fused-ring (bicyclic) bond motifs is 3. The van der Waals surface area contributed by atoms with Gasteiger partial charge in [0.2, 0.25) is 0 Å². The maximum atomic E-state index is 12.7. The molecule has 1 aromatic carbocycles. The first-order valence-electron chi connectivity index (χ1n) is 8.58. The first kappa shape index (κ1) is 17.4. The smallest absolute Gasteiger partial charge is 0.260 e. The number of rotatable bonds is 3. The van der Waals surface area contributed by atoms with E-state index in [2.05, 4.69) is 4.98 Å². The Morgan fingerprint density at radius 2 is 2.04 bits per heavy atom. The summed E-state index contributed by atoms with van der Waals surface area (Å²) in [6.45, 7) is 3.77. The molecule has 2 N–H and O–H groups in total. The Balaban J connectivity index is 1.83. The maximum Gasteiger partial charge on any atom is 0.260 e. The second-order valence-electron chi connectivity index (χ2n) is 6.67. The molecule has 134 valence electrons. The molecule has 0 fully saturated rings. The van der Waals surface area contributed by atoms with E-state index in [-0.39, 0.29) is 5.56 Å². The van der Waals surface area contributed by atoms with Crippen LogP contribution in [0.25, 0.3) is 21.2 Å². The molecule has 3 aromatic rings. The van der Waals surface area contributed by atoms with Crippen molar-refractivity contribution in [3.63, 3.8) is 0 Å². The predicted molar refractivity (Wildman–Crippen MR) is 111 cm³/mol. The molecule has 0 aliphatic heterocycles. The molecule has 0 saturated carbocycles. The number of hydrogen-bond donors (Lipinski definition) is 2. The largest absolute Gasteiger partial charge is 0.507 e. The van der Waals surface area contributed by atoms with Crippen molar-refractivity contribution in [2.24, 2.45) is 0 Å². The highest BCUT2D eigenvalue weighted by Gasteiger charge is 2.21. The van der Waals surface area contributed by atoms with Crippen LogP contribution in [0.3, 0.4) is 0 Å². The van der Waals surface area contributed by atoms with E-state index in [4.69, 9.17) is 4.98 Å². The Morgan fingerprint density at radius 1 is 1.31 bits per heavy atom. The quantitative estimate of drug-likeness (QED) is 0.689. The molecule has 0 saturated heterocycles. The van der Waals surface area contributed by atoms with Gasteiger partial charge in [-0.25, -0.2) is 4.98 Å². The number of aromatic nitrogens is 2. The predicted octanol–water partition coefficient (Wildman–Crippen LogP) is 4.66. The number of thioether (sulfide) groups is 1. The minimum Gasteiger partial charge on any atom is -0.507 e. The van der Waals surface area contributed by atoms with Gasteiger partial charge in [-0.2, -0.15) is 0 Å². The summed E-state index contributed by atoms with van der Waals surface area (Å²) >= 11 is 3.21. The van der Waals surface area contributed by atoms with Crippen molar-refractivity contribution < 1.29 is 5.11 Å². The van der Waals surface area contributed by atoms with E-state index in [1.54, 1.807) is 23.1 Å². The third-order valence-electron chi connectivity index (χ3n) is 4.84. The van der Waals surface area contributed by atoms with Crippen LogP contribution >= 0.6 is 23.1 Å². The summed E-state index contributed by atoms with van der Waals surface area (Å²) in [6, 6.07) is 3.88. The molecule has 2 aromatic heterocycles. The summed E-state index contributed by atoms with van der Waals surface area (Å²) < 4.78 is 0. The van der Waals surface area contributed by atoms with Crippen molar-refractivity contribution >= 4 is 44.3 Å². The lowest BCUT2D eigenvalue weighted by Crippen LogP contribution is -2.11. The van der Waals surface area contributed by atoms with Gasteiger partial charge in [-0.3, -0.25) is 4.79 Å². The number of benzene rings is 1. The molecule has 2 heterocycles. The van der Waals surface area contributed by atoms with Gasteiger partial charge in [-0.05, 0) is 79.8 Å². The summed E-state index contributed by atoms with van der Waals surface area (Å²) in [5, 5.41) is 10.7. The Bertz CT molecular complexity index is 1090. The molecule has 4 rings (SSSR count). The van der Waals surface area contributed by atoms with E-state index in [1.165, 1.54) is 10.4 Å². The van der Waals surface area contributed by atoms with Gasteiger partial charge in [-0.15, -0.1) is 23.1 Å². The summed E-state index contributed by atoms with van der Waals surface area (Å²) in [5.74, 6) is 0.937. The van der Waals surface area contributed by atoms with Crippen LogP contribution in [0.5, 0.6) is 5.75 Å². The van der Waals surface area contributed by atoms with Crippen molar-refractivity contribution in [2.75, 3.05) is 6.26 Å². The zero-order valence-electron chi connectivity index (χ0n) is 15.0. The van der Waals surface area contributed by atoms with Gasteiger partial charge in [0.15, 0.2) is 0 Å². The highest BCUT2D eigenvalue weighted by Crippen LogP contribution is 2.36. The molecular weight excluding hydrogens is 364 g/mol. The third kappa shape index (κ3) is 2.87. The summed E-state index contributed by atoms with van der Waals surface area (Å²) in [4.78, 5) is 23.5. The summed E-state index contributed by atoms with van der Waals surface area (Å²) in [6.07, 6.45) is 7.16. The monoisotopic (exact) mass is 384 g/mol. The van der Waals surface area contributed by atoms with Crippen LogP contribution in [0.15, 0.2) is 16.9 Å². The molecule has 0 spiro atoms. The first-order valence-corrected chi connectivity index (χ1v) is 10.6. The zero-order valence-corrected chi connectivity index (χ0v) is 16.6. The molecule has 0 atom stereocenters. The fourth-order valence-electron chi connectivity index (χ4n) is 3.57. The molecule has 0 unspecified atom stereocenters. The van der Waals surface area contributed by atoms with Gasteiger partial charge in [0.05, 0.1) is 10.3 Å². The van der Waals surface area contributed by atoms with Crippen molar-refractivity contribution in [3.8, 4) is 5.75 Å². The van der Waals surface area contributed by atoms with E-state index in [9.17, 15) is 9.90 Å². The highest BCUT2D eigenvalue weighted by molar-refractivity contribution is 8.07. The van der Waals surface area contributed by atoms with Crippen LogP contribution in [0.1, 0.15) is 39.4 Å². The van der Waals surface area contributed by atoms with E-state index >= 15 is 0 Å². The fraction of sp³-hybridized carbons (Fsp3) is 0.300. The number of aromatic amines is 1. The number of H-pyrrole nitrogens is 1. The number of thiophene rings is 1. The topological polar surface area (TPSA) is 66.0 Å². The SMILES string of the molecule is CS/C(=C\c1cc(C)c(O)c(C)c1)c1nc2sc3c(c2c(=O)[nH]1)CCC3. The van der Waals surface area contributed by atoms with Gasteiger partial charge >= 0.3 is 0 Å². The van der Waals surface area contributed by atoms with Gasteiger partial charge in [0, 0.05) is 4.88 Å². The number of aryl methyl sites for hydroxylation is 4. The average Bonchev–Trinajstić information content (AvgIpc) is 3.17. The molecule has 0 bridgehead atoms. The minimum atomic E-state index is -0.0394. The summed E-state index contributed by atoms with van der Waals surface area (Å²) in [5.41, 5.74) is 3.82. The number of phenols is 1. The van der Waals surface area contributed by atoms with Crippen molar-refractivity contribution in [3.05, 3.63) is 55.4 Å². The highest BCUT2D eigenvalue weighted by atomic mass is 32.2. The molecule has 4 nitrogen and oxygen atoms in total. The molecule has 0 amide bonds. The lowest BCUT2D eigenvalue weighted by Gasteiger charge is -2.08. The number of nitrogens with one attached hydrogen (secondary N) is 1. The van der Waals surface area contributed by atoms with Crippen LogP contribution in [0, 0.1) is 13.8 Å². The van der Waals surface area contributed by atoms with E-state index < -0.39 is 0 Å². The van der Waals surface area contributed by atoms with Crippen molar-refractivity contribution in [1.29, 1.82) is 0 Å².